The summed E-state index contributed by atoms with van der Waals surface area (Å²) in [6.07, 6.45) is -3.07. The van der Waals surface area contributed by atoms with E-state index in [-0.39, 0.29) is 33.4 Å². The highest BCUT2D eigenvalue weighted by Crippen LogP contribution is 2.42. The van der Waals surface area contributed by atoms with Gasteiger partial charge in [0.1, 0.15) is 5.52 Å². The van der Waals surface area contributed by atoms with Crippen molar-refractivity contribution in [1.29, 1.82) is 0 Å². The number of rotatable bonds is 2. The molecule has 0 fully saturated rings. The van der Waals surface area contributed by atoms with E-state index < -0.39 is 17.6 Å². The molecule has 0 unspecified atom stereocenters. The number of halogens is 3. The Morgan fingerprint density at radius 3 is 2.57 bits per heavy atom. The van der Waals surface area contributed by atoms with Crippen LogP contribution >= 0.6 is 0 Å². The second-order valence-corrected chi connectivity index (χ2v) is 6.25. The predicted octanol–water partition coefficient (Wildman–Crippen LogP) is 2.88. The molecule has 0 aliphatic rings. The number of alkyl halides is 3. The number of carbonyl (C=O) groups excluding carboxylic acids is 1. The Kier molecular flexibility index (Phi) is 3.74. The first-order valence-electron chi connectivity index (χ1n) is 8.06. The third-order valence-corrected chi connectivity index (χ3v) is 4.55. The topological polar surface area (TPSA) is 113 Å². The molecule has 0 saturated carbocycles. The van der Waals surface area contributed by atoms with Crippen LogP contribution in [0, 0.1) is 0 Å². The summed E-state index contributed by atoms with van der Waals surface area (Å²) in [5, 5.41) is 12.4. The molecule has 0 saturated heterocycles. The first-order chi connectivity index (χ1) is 13.2. The number of benzene rings is 2. The van der Waals surface area contributed by atoms with E-state index in [0.29, 0.717) is 5.39 Å². The number of fused-ring (bicyclic) bond motifs is 2. The lowest BCUT2D eigenvalue weighted by Gasteiger charge is -2.16. The highest BCUT2D eigenvalue weighted by atomic mass is 19.4. The Labute approximate surface area is 155 Å². The van der Waals surface area contributed by atoms with E-state index in [1.54, 1.807) is 36.1 Å². The SMILES string of the molecule is Cn1ncc2cc(-c3c(C(F)(F)F)ccc4c(N)c(C(N)=O)nnc34)ccc21. The minimum Gasteiger partial charge on any atom is -0.396 e. The summed E-state index contributed by atoms with van der Waals surface area (Å²) in [7, 11) is 1.73. The zero-order valence-electron chi connectivity index (χ0n) is 14.4. The molecule has 0 bridgehead atoms. The molecule has 0 aliphatic heterocycles. The lowest BCUT2D eigenvalue weighted by atomic mass is 9.94. The molecule has 28 heavy (non-hydrogen) atoms. The van der Waals surface area contributed by atoms with Crippen LogP contribution < -0.4 is 11.5 Å². The Morgan fingerprint density at radius 1 is 1.14 bits per heavy atom. The van der Waals surface area contributed by atoms with Crippen molar-refractivity contribution < 1.29 is 18.0 Å². The van der Waals surface area contributed by atoms with E-state index in [0.717, 1.165) is 11.6 Å². The van der Waals surface area contributed by atoms with Gasteiger partial charge in [0, 0.05) is 23.4 Å². The third kappa shape index (κ3) is 2.61. The van der Waals surface area contributed by atoms with Crippen molar-refractivity contribution in [3.8, 4) is 11.1 Å². The molecule has 0 radical (unpaired) electrons. The van der Waals surface area contributed by atoms with E-state index >= 15 is 0 Å². The fourth-order valence-corrected chi connectivity index (χ4v) is 3.22. The number of nitrogen functional groups attached to an aromatic ring is 1. The standard InChI is InChI=1S/C18H13F3N6O/c1-27-12-5-2-8(6-9(12)7-24-27)13-11(18(19,20)21)4-3-10-14(22)16(17(23)28)26-25-15(10)13/h2-7H,1H3,(H2,22,25)(H2,23,28). The number of aromatic nitrogens is 4. The molecule has 4 N–H and O–H groups in total. The van der Waals surface area contributed by atoms with Gasteiger partial charge in [-0.3, -0.25) is 9.48 Å². The summed E-state index contributed by atoms with van der Waals surface area (Å²) in [5.74, 6) is -0.912. The van der Waals surface area contributed by atoms with Crippen LogP contribution in [0.2, 0.25) is 0 Å². The van der Waals surface area contributed by atoms with Crippen molar-refractivity contribution in [1.82, 2.24) is 20.0 Å². The van der Waals surface area contributed by atoms with Crippen molar-refractivity contribution in [2.24, 2.45) is 12.8 Å². The minimum atomic E-state index is -4.63. The molecule has 2 aromatic heterocycles. The molecule has 0 atom stereocenters. The van der Waals surface area contributed by atoms with Crippen LogP contribution in [0.15, 0.2) is 36.5 Å². The van der Waals surface area contributed by atoms with Crippen molar-refractivity contribution in [3.63, 3.8) is 0 Å². The van der Waals surface area contributed by atoms with Gasteiger partial charge < -0.3 is 11.5 Å². The molecular weight excluding hydrogens is 373 g/mol. The van der Waals surface area contributed by atoms with Gasteiger partial charge in [0.25, 0.3) is 5.91 Å². The normalized spacial score (nSPS) is 12.0. The van der Waals surface area contributed by atoms with Gasteiger partial charge >= 0.3 is 6.18 Å². The largest absolute Gasteiger partial charge is 0.417 e. The number of amides is 1. The predicted molar refractivity (Wildman–Crippen MR) is 97.2 cm³/mol. The van der Waals surface area contributed by atoms with Crippen molar-refractivity contribution in [2.75, 3.05) is 5.73 Å². The average Bonchev–Trinajstić information content (AvgIpc) is 3.00. The number of nitrogens with zero attached hydrogens (tertiary/aromatic N) is 4. The summed E-state index contributed by atoms with van der Waals surface area (Å²) in [6, 6.07) is 6.89. The molecule has 0 spiro atoms. The molecule has 10 heteroatoms. The number of primary amides is 1. The lowest BCUT2D eigenvalue weighted by Crippen LogP contribution is -2.17. The third-order valence-electron chi connectivity index (χ3n) is 4.55. The minimum absolute atomic E-state index is 0.0689. The molecular formula is C18H13F3N6O. The maximum atomic E-state index is 13.7. The summed E-state index contributed by atoms with van der Waals surface area (Å²) in [6.45, 7) is 0. The van der Waals surface area contributed by atoms with E-state index in [1.165, 1.54) is 6.07 Å². The summed E-state index contributed by atoms with van der Waals surface area (Å²) >= 11 is 0. The van der Waals surface area contributed by atoms with Gasteiger partial charge in [-0.2, -0.15) is 18.3 Å². The number of hydrogen-bond donors (Lipinski definition) is 2. The van der Waals surface area contributed by atoms with Gasteiger partial charge in [-0.15, -0.1) is 10.2 Å². The molecule has 0 aliphatic carbocycles. The molecule has 1 amide bonds. The number of anilines is 1. The molecule has 7 nitrogen and oxygen atoms in total. The van der Waals surface area contributed by atoms with Crippen LogP contribution in [0.4, 0.5) is 18.9 Å². The number of carbonyl (C=O) groups is 1. The molecule has 2 aromatic carbocycles. The molecule has 4 rings (SSSR count). The lowest BCUT2D eigenvalue weighted by molar-refractivity contribution is -0.137. The second-order valence-electron chi connectivity index (χ2n) is 6.25. The molecule has 4 aromatic rings. The van der Waals surface area contributed by atoms with Crippen molar-refractivity contribution >= 4 is 33.4 Å². The van der Waals surface area contributed by atoms with Crippen LogP contribution in [-0.2, 0) is 13.2 Å². The van der Waals surface area contributed by atoms with Gasteiger partial charge in [0.2, 0.25) is 0 Å². The zero-order chi connectivity index (χ0) is 20.2. The van der Waals surface area contributed by atoms with Crippen molar-refractivity contribution in [3.05, 3.63) is 47.8 Å². The van der Waals surface area contributed by atoms with Crippen LogP contribution in [0.3, 0.4) is 0 Å². The van der Waals surface area contributed by atoms with Gasteiger partial charge in [-0.25, -0.2) is 0 Å². The van der Waals surface area contributed by atoms with Gasteiger partial charge in [-0.1, -0.05) is 6.07 Å². The number of hydrogen-bond acceptors (Lipinski definition) is 5. The van der Waals surface area contributed by atoms with Crippen LogP contribution in [-0.4, -0.2) is 25.9 Å². The summed E-state index contributed by atoms with van der Waals surface area (Å²) < 4.78 is 42.8. The van der Waals surface area contributed by atoms with E-state index in [2.05, 4.69) is 15.3 Å². The average molecular weight is 386 g/mol. The quantitative estimate of drug-likeness (QED) is 0.550. The zero-order valence-corrected chi connectivity index (χ0v) is 14.4. The fraction of sp³-hybridized carbons (Fsp3) is 0.111. The molecule has 2 heterocycles. The van der Waals surface area contributed by atoms with E-state index in [1.807, 2.05) is 0 Å². The number of nitrogens with two attached hydrogens (primary N) is 2. The second kappa shape index (κ2) is 5.91. The fourth-order valence-electron chi connectivity index (χ4n) is 3.22. The van der Waals surface area contributed by atoms with Crippen LogP contribution in [0.5, 0.6) is 0 Å². The Bertz CT molecular complexity index is 1260. The van der Waals surface area contributed by atoms with Crippen LogP contribution in [0.1, 0.15) is 16.1 Å². The van der Waals surface area contributed by atoms with Crippen molar-refractivity contribution in [2.45, 2.75) is 6.18 Å². The maximum Gasteiger partial charge on any atom is 0.417 e. The first-order valence-corrected chi connectivity index (χ1v) is 8.06. The van der Waals surface area contributed by atoms with E-state index in [4.69, 9.17) is 11.5 Å². The summed E-state index contributed by atoms with van der Waals surface area (Å²) in [4.78, 5) is 11.4. The van der Waals surface area contributed by atoms with Gasteiger partial charge in [0.05, 0.1) is 23.0 Å². The first kappa shape index (κ1) is 17.7. The highest BCUT2D eigenvalue weighted by molar-refractivity contribution is 6.08. The van der Waals surface area contributed by atoms with Crippen LogP contribution in [0.25, 0.3) is 32.9 Å². The highest BCUT2D eigenvalue weighted by Gasteiger charge is 2.35. The number of aryl methyl sites for hydroxylation is 1. The van der Waals surface area contributed by atoms with E-state index in [9.17, 15) is 18.0 Å². The maximum absolute atomic E-state index is 13.7. The Hall–Kier alpha value is -3.69. The Balaban J connectivity index is 2.10. The molecule has 142 valence electrons. The van der Waals surface area contributed by atoms with Gasteiger partial charge in [-0.05, 0) is 29.8 Å². The monoisotopic (exact) mass is 386 g/mol. The van der Waals surface area contributed by atoms with Gasteiger partial charge in [0.15, 0.2) is 5.69 Å². The smallest absolute Gasteiger partial charge is 0.396 e. The summed E-state index contributed by atoms with van der Waals surface area (Å²) in [5.41, 5.74) is 10.6. The Morgan fingerprint density at radius 2 is 1.89 bits per heavy atom.